The van der Waals surface area contributed by atoms with Crippen LogP contribution in [-0.2, 0) is 0 Å². The van der Waals surface area contributed by atoms with Crippen molar-refractivity contribution < 1.29 is 15.3 Å². The normalized spacial score (nSPS) is 21.5. The molecule has 0 saturated heterocycles. The summed E-state index contributed by atoms with van der Waals surface area (Å²) in [5.41, 5.74) is 6.54. The van der Waals surface area contributed by atoms with E-state index in [1.165, 1.54) is 16.7 Å². The molecule has 3 N–H and O–H groups in total. The van der Waals surface area contributed by atoms with Crippen LogP contribution in [0.3, 0.4) is 0 Å². The molecule has 0 bridgehead atoms. The SMILES string of the molecule is Cc1cc(C2CC(c3ccc(O)c(C)c3)CC(c3ccc(O)c(C)c3)C2)ccc1O. The molecule has 0 atom stereocenters. The average molecular weight is 403 g/mol. The number of aromatic hydroxyl groups is 3. The largest absolute Gasteiger partial charge is 0.508 e. The Bertz CT molecular complexity index is 927. The van der Waals surface area contributed by atoms with Crippen molar-refractivity contribution in [2.75, 3.05) is 0 Å². The Kier molecular flexibility index (Phi) is 5.46. The predicted octanol–water partition coefficient (Wildman–Crippen LogP) is 6.56. The van der Waals surface area contributed by atoms with Gasteiger partial charge in [-0.1, -0.05) is 36.4 Å². The second kappa shape index (κ2) is 8.06. The number of phenols is 3. The maximum Gasteiger partial charge on any atom is 0.118 e. The minimum absolute atomic E-state index is 0.339. The van der Waals surface area contributed by atoms with Gasteiger partial charge in [0.1, 0.15) is 17.2 Å². The van der Waals surface area contributed by atoms with E-state index in [1.54, 1.807) is 18.2 Å². The number of hydrogen-bond donors (Lipinski definition) is 3. The Balaban J connectivity index is 1.72. The number of phenolic OH excluding ortho intramolecular Hbond substituents is 3. The van der Waals surface area contributed by atoms with Crippen molar-refractivity contribution in [3.63, 3.8) is 0 Å². The van der Waals surface area contributed by atoms with Gasteiger partial charge in [0.05, 0.1) is 0 Å². The molecule has 0 unspecified atom stereocenters. The van der Waals surface area contributed by atoms with Crippen LogP contribution in [0.25, 0.3) is 0 Å². The Morgan fingerprint density at radius 1 is 0.500 bits per heavy atom. The zero-order chi connectivity index (χ0) is 21.4. The van der Waals surface area contributed by atoms with Gasteiger partial charge in [0.2, 0.25) is 0 Å². The van der Waals surface area contributed by atoms with E-state index >= 15 is 0 Å². The lowest BCUT2D eigenvalue weighted by molar-refractivity contribution is 0.350. The van der Waals surface area contributed by atoms with Crippen molar-refractivity contribution in [3.05, 3.63) is 88.0 Å². The summed E-state index contributed by atoms with van der Waals surface area (Å²) in [7, 11) is 0. The molecule has 0 radical (unpaired) electrons. The first kappa shape index (κ1) is 20.3. The Morgan fingerprint density at radius 3 is 1.00 bits per heavy atom. The van der Waals surface area contributed by atoms with Crippen molar-refractivity contribution in [2.45, 2.75) is 57.8 Å². The second-order valence-electron chi connectivity index (χ2n) is 8.94. The summed E-state index contributed by atoms with van der Waals surface area (Å²) < 4.78 is 0. The molecule has 1 saturated carbocycles. The molecule has 3 aromatic rings. The van der Waals surface area contributed by atoms with E-state index in [-0.39, 0.29) is 0 Å². The van der Waals surface area contributed by atoms with E-state index in [9.17, 15) is 15.3 Å². The van der Waals surface area contributed by atoms with E-state index in [4.69, 9.17) is 0 Å². The highest BCUT2D eigenvalue weighted by Gasteiger charge is 2.32. The van der Waals surface area contributed by atoms with Crippen LogP contribution in [0.5, 0.6) is 17.2 Å². The molecule has 1 fully saturated rings. The Labute approximate surface area is 178 Å². The van der Waals surface area contributed by atoms with Crippen LogP contribution in [0.2, 0.25) is 0 Å². The smallest absolute Gasteiger partial charge is 0.118 e. The Morgan fingerprint density at radius 2 is 0.767 bits per heavy atom. The summed E-state index contributed by atoms with van der Waals surface area (Å²) in [5, 5.41) is 29.9. The highest BCUT2D eigenvalue weighted by atomic mass is 16.3. The van der Waals surface area contributed by atoms with Gasteiger partial charge < -0.3 is 15.3 Å². The monoisotopic (exact) mass is 402 g/mol. The quantitative estimate of drug-likeness (QED) is 0.465. The third-order valence-corrected chi connectivity index (χ3v) is 6.78. The fraction of sp³-hybridized carbons (Fsp3) is 0.333. The summed E-state index contributed by atoms with van der Waals surface area (Å²) in [6.45, 7) is 5.84. The van der Waals surface area contributed by atoms with Crippen LogP contribution in [0.1, 0.15) is 70.4 Å². The van der Waals surface area contributed by atoms with Crippen molar-refractivity contribution in [2.24, 2.45) is 0 Å². The Hall–Kier alpha value is -2.94. The van der Waals surface area contributed by atoms with Gasteiger partial charge in [-0.2, -0.15) is 0 Å². The van der Waals surface area contributed by atoms with Crippen LogP contribution in [0, 0.1) is 20.8 Å². The zero-order valence-electron chi connectivity index (χ0n) is 17.9. The third kappa shape index (κ3) is 4.02. The molecule has 0 heterocycles. The lowest BCUT2D eigenvalue weighted by Crippen LogP contribution is -2.20. The van der Waals surface area contributed by atoms with Gasteiger partial charge in [0, 0.05) is 0 Å². The molecule has 0 amide bonds. The molecule has 0 aromatic heterocycles. The van der Waals surface area contributed by atoms with Crippen molar-refractivity contribution in [1.82, 2.24) is 0 Å². The first-order chi connectivity index (χ1) is 14.3. The molecular weight excluding hydrogens is 372 g/mol. The lowest BCUT2D eigenvalue weighted by atomic mass is 9.68. The molecule has 1 aliphatic rings. The molecule has 1 aliphatic carbocycles. The van der Waals surface area contributed by atoms with Crippen molar-refractivity contribution >= 4 is 0 Å². The van der Waals surface area contributed by atoms with Gasteiger partial charge in [-0.15, -0.1) is 0 Å². The van der Waals surface area contributed by atoms with E-state index in [0.717, 1.165) is 36.0 Å². The first-order valence-corrected chi connectivity index (χ1v) is 10.7. The minimum Gasteiger partial charge on any atom is -0.508 e. The second-order valence-corrected chi connectivity index (χ2v) is 8.94. The van der Waals surface area contributed by atoms with Gasteiger partial charge in [-0.05, 0) is 109 Å². The minimum atomic E-state index is 0.339. The topological polar surface area (TPSA) is 60.7 Å². The van der Waals surface area contributed by atoms with E-state index in [1.807, 2.05) is 20.8 Å². The third-order valence-electron chi connectivity index (χ3n) is 6.78. The number of hydrogen-bond acceptors (Lipinski definition) is 3. The van der Waals surface area contributed by atoms with Crippen LogP contribution in [0.15, 0.2) is 54.6 Å². The number of rotatable bonds is 3. The van der Waals surface area contributed by atoms with E-state index in [2.05, 4.69) is 36.4 Å². The van der Waals surface area contributed by atoms with Gasteiger partial charge in [-0.25, -0.2) is 0 Å². The van der Waals surface area contributed by atoms with Crippen LogP contribution >= 0.6 is 0 Å². The zero-order valence-corrected chi connectivity index (χ0v) is 17.9. The summed E-state index contributed by atoms with van der Waals surface area (Å²) in [5.74, 6) is 2.17. The van der Waals surface area contributed by atoms with Gasteiger partial charge in [0.25, 0.3) is 0 Å². The molecular formula is C27H30O3. The first-order valence-electron chi connectivity index (χ1n) is 10.7. The molecule has 0 aliphatic heterocycles. The highest BCUT2D eigenvalue weighted by Crippen LogP contribution is 2.49. The van der Waals surface area contributed by atoms with E-state index in [0.29, 0.717) is 35.0 Å². The van der Waals surface area contributed by atoms with Crippen LogP contribution < -0.4 is 0 Å². The summed E-state index contributed by atoms with van der Waals surface area (Å²) in [6.07, 6.45) is 3.13. The molecule has 0 spiro atoms. The summed E-state index contributed by atoms with van der Waals surface area (Å²) in [6, 6.07) is 17.9. The molecule has 3 aromatic carbocycles. The molecule has 156 valence electrons. The molecule has 30 heavy (non-hydrogen) atoms. The standard InChI is InChI=1S/C27H30O3/c1-16-10-19(4-7-25(16)28)22-13-23(20-5-8-26(29)17(2)11-20)15-24(14-22)21-6-9-27(30)18(3)12-21/h4-12,22-24,28-30H,13-15H2,1-3H3. The fourth-order valence-electron chi connectivity index (χ4n) is 4.93. The van der Waals surface area contributed by atoms with Crippen LogP contribution in [-0.4, -0.2) is 15.3 Å². The van der Waals surface area contributed by atoms with E-state index < -0.39 is 0 Å². The average Bonchev–Trinajstić information content (AvgIpc) is 2.73. The summed E-state index contributed by atoms with van der Waals surface area (Å²) >= 11 is 0. The molecule has 4 rings (SSSR count). The van der Waals surface area contributed by atoms with Crippen LogP contribution in [0.4, 0.5) is 0 Å². The highest BCUT2D eigenvalue weighted by molar-refractivity contribution is 5.41. The number of benzene rings is 3. The number of aryl methyl sites for hydroxylation is 3. The van der Waals surface area contributed by atoms with Gasteiger partial charge in [0.15, 0.2) is 0 Å². The fourth-order valence-corrected chi connectivity index (χ4v) is 4.93. The molecule has 3 heteroatoms. The predicted molar refractivity (Wildman–Crippen MR) is 121 cm³/mol. The molecule has 3 nitrogen and oxygen atoms in total. The van der Waals surface area contributed by atoms with Gasteiger partial charge in [-0.3, -0.25) is 0 Å². The van der Waals surface area contributed by atoms with Crippen molar-refractivity contribution in [3.8, 4) is 17.2 Å². The maximum absolute atomic E-state index is 9.97. The summed E-state index contributed by atoms with van der Waals surface area (Å²) in [4.78, 5) is 0. The lowest BCUT2D eigenvalue weighted by Gasteiger charge is -2.36. The maximum atomic E-state index is 9.97. The van der Waals surface area contributed by atoms with Gasteiger partial charge >= 0.3 is 0 Å². The van der Waals surface area contributed by atoms with Crippen molar-refractivity contribution in [1.29, 1.82) is 0 Å².